The quantitative estimate of drug-likeness (QED) is 0.819. The van der Waals surface area contributed by atoms with Crippen molar-refractivity contribution in [2.75, 3.05) is 18.0 Å². The Bertz CT molecular complexity index is 584. The van der Waals surface area contributed by atoms with E-state index in [2.05, 4.69) is 10.3 Å². The van der Waals surface area contributed by atoms with E-state index in [0.29, 0.717) is 29.7 Å². The van der Waals surface area contributed by atoms with Gasteiger partial charge in [-0.3, -0.25) is 14.5 Å². The second-order valence-electron chi connectivity index (χ2n) is 6.39. The monoisotopic (exact) mass is 322 g/mol. The van der Waals surface area contributed by atoms with E-state index >= 15 is 0 Å². The van der Waals surface area contributed by atoms with Crippen LogP contribution >= 0.6 is 11.3 Å². The van der Waals surface area contributed by atoms with Gasteiger partial charge in [-0.05, 0) is 32.1 Å². The zero-order valence-corrected chi connectivity index (χ0v) is 13.6. The lowest BCUT2D eigenvalue weighted by atomic mass is 9.95. The van der Waals surface area contributed by atoms with Crippen LogP contribution in [0, 0.1) is 5.92 Å². The van der Waals surface area contributed by atoms with Gasteiger partial charge < -0.3 is 11.1 Å². The summed E-state index contributed by atoms with van der Waals surface area (Å²) < 4.78 is 0. The molecule has 2 amide bonds. The third-order valence-electron chi connectivity index (χ3n) is 4.51. The molecule has 2 aliphatic rings. The summed E-state index contributed by atoms with van der Waals surface area (Å²) >= 11 is 1.42. The fourth-order valence-corrected chi connectivity index (χ4v) is 3.79. The molecule has 120 valence electrons. The Morgan fingerprint density at radius 3 is 2.95 bits per heavy atom. The van der Waals surface area contributed by atoms with E-state index in [1.807, 2.05) is 12.3 Å². The molecule has 6 nitrogen and oxygen atoms in total. The zero-order valence-electron chi connectivity index (χ0n) is 12.8. The minimum Gasteiger partial charge on any atom is -0.349 e. The molecule has 0 spiro atoms. The Balaban J connectivity index is 1.60. The first-order valence-electron chi connectivity index (χ1n) is 7.78. The van der Waals surface area contributed by atoms with Crippen LogP contribution in [0.1, 0.15) is 38.3 Å². The first-order valence-corrected chi connectivity index (χ1v) is 8.65. The third kappa shape index (κ3) is 3.15. The van der Waals surface area contributed by atoms with Crippen molar-refractivity contribution in [2.45, 2.75) is 44.6 Å². The number of aromatic nitrogens is 1. The van der Waals surface area contributed by atoms with Crippen molar-refractivity contribution in [2.24, 2.45) is 11.7 Å². The van der Waals surface area contributed by atoms with Crippen LogP contribution in [0.5, 0.6) is 0 Å². The average molecular weight is 322 g/mol. The van der Waals surface area contributed by atoms with Crippen LogP contribution in [-0.2, 0) is 16.0 Å². The summed E-state index contributed by atoms with van der Waals surface area (Å²) in [6.45, 7) is 3.19. The molecule has 3 rings (SSSR count). The highest BCUT2D eigenvalue weighted by Crippen LogP contribution is 2.39. The Kier molecular flexibility index (Phi) is 4.18. The number of rotatable bonds is 6. The van der Waals surface area contributed by atoms with E-state index in [0.717, 1.165) is 25.8 Å². The maximum atomic E-state index is 12.2. The molecule has 0 bridgehead atoms. The van der Waals surface area contributed by atoms with E-state index in [4.69, 9.17) is 5.73 Å². The summed E-state index contributed by atoms with van der Waals surface area (Å²) in [4.78, 5) is 30.1. The van der Waals surface area contributed by atoms with E-state index < -0.39 is 0 Å². The molecule has 1 aliphatic carbocycles. The Hall–Kier alpha value is -1.47. The molecule has 22 heavy (non-hydrogen) atoms. The van der Waals surface area contributed by atoms with Gasteiger partial charge in [0.05, 0.1) is 17.7 Å². The summed E-state index contributed by atoms with van der Waals surface area (Å²) in [6.07, 6.45) is 3.97. The Morgan fingerprint density at radius 2 is 2.36 bits per heavy atom. The molecule has 1 aromatic heterocycles. The topological polar surface area (TPSA) is 88.3 Å². The summed E-state index contributed by atoms with van der Waals surface area (Å²) in [7, 11) is 0. The van der Waals surface area contributed by atoms with Crippen molar-refractivity contribution in [3.63, 3.8) is 0 Å². The fourth-order valence-electron chi connectivity index (χ4n) is 2.92. The predicted molar refractivity (Wildman–Crippen MR) is 85.7 cm³/mol. The number of thiazole rings is 1. The van der Waals surface area contributed by atoms with Gasteiger partial charge in [0.2, 0.25) is 11.8 Å². The van der Waals surface area contributed by atoms with Gasteiger partial charge >= 0.3 is 0 Å². The minimum absolute atomic E-state index is 0.0514. The first-order chi connectivity index (χ1) is 10.5. The molecular weight excluding hydrogens is 300 g/mol. The van der Waals surface area contributed by atoms with Crippen LogP contribution in [0.15, 0.2) is 5.38 Å². The van der Waals surface area contributed by atoms with E-state index in [1.165, 1.54) is 11.3 Å². The van der Waals surface area contributed by atoms with Crippen LogP contribution in [0.2, 0.25) is 0 Å². The SMILES string of the molecule is CC(CN)(NC(=O)Cc1csc(N2CCCC2=O)n1)C1CC1. The van der Waals surface area contributed by atoms with Gasteiger partial charge in [-0.2, -0.15) is 0 Å². The van der Waals surface area contributed by atoms with Crippen LogP contribution in [0.3, 0.4) is 0 Å². The predicted octanol–water partition coefficient (Wildman–Crippen LogP) is 1.06. The average Bonchev–Trinajstić information content (AvgIpc) is 3.12. The largest absolute Gasteiger partial charge is 0.349 e. The van der Waals surface area contributed by atoms with Gasteiger partial charge in [0, 0.05) is 24.9 Å². The van der Waals surface area contributed by atoms with Crippen LogP contribution in [0.4, 0.5) is 5.13 Å². The number of nitrogens with one attached hydrogen (secondary N) is 1. The number of nitrogens with two attached hydrogens (primary N) is 1. The number of nitrogens with zero attached hydrogens (tertiary/aromatic N) is 2. The van der Waals surface area contributed by atoms with Crippen LogP contribution in [-0.4, -0.2) is 35.4 Å². The maximum Gasteiger partial charge on any atom is 0.228 e. The number of hydrogen-bond acceptors (Lipinski definition) is 5. The number of carbonyl (C=O) groups is 2. The highest BCUT2D eigenvalue weighted by molar-refractivity contribution is 7.14. The first kappa shape index (κ1) is 15.4. The molecule has 1 atom stereocenters. The number of carbonyl (C=O) groups excluding carboxylic acids is 2. The summed E-state index contributed by atoms with van der Waals surface area (Å²) in [5.74, 6) is 0.564. The second-order valence-corrected chi connectivity index (χ2v) is 7.23. The molecule has 3 N–H and O–H groups in total. The third-order valence-corrected chi connectivity index (χ3v) is 5.43. The van der Waals surface area contributed by atoms with Gasteiger partial charge in [-0.25, -0.2) is 4.98 Å². The molecule has 2 fully saturated rings. The van der Waals surface area contributed by atoms with Crippen LogP contribution < -0.4 is 16.0 Å². The minimum atomic E-state index is -0.305. The van der Waals surface area contributed by atoms with Gasteiger partial charge in [-0.15, -0.1) is 11.3 Å². The summed E-state index contributed by atoms with van der Waals surface area (Å²) in [5.41, 5.74) is 6.23. The zero-order chi connectivity index (χ0) is 15.7. The van der Waals surface area contributed by atoms with Crippen LogP contribution in [0.25, 0.3) is 0 Å². The van der Waals surface area contributed by atoms with Gasteiger partial charge in [0.1, 0.15) is 0 Å². The molecule has 1 saturated carbocycles. The van der Waals surface area contributed by atoms with Crippen molar-refractivity contribution in [3.8, 4) is 0 Å². The normalized spacial score (nSPS) is 21.0. The van der Waals surface area contributed by atoms with Crippen molar-refractivity contribution in [1.82, 2.24) is 10.3 Å². The molecule has 1 saturated heterocycles. The lowest BCUT2D eigenvalue weighted by Gasteiger charge is -2.29. The molecule has 7 heteroatoms. The van der Waals surface area contributed by atoms with Gasteiger partial charge in [-0.1, -0.05) is 0 Å². The standard InChI is InChI=1S/C15H22N4O2S/c1-15(9-16,10-4-5-10)18-12(20)7-11-8-22-14(17-11)19-6-2-3-13(19)21/h8,10H,2-7,9,16H2,1H3,(H,18,20). The molecule has 1 unspecified atom stereocenters. The van der Waals surface area contributed by atoms with Crippen molar-refractivity contribution >= 4 is 28.3 Å². The van der Waals surface area contributed by atoms with E-state index in [-0.39, 0.29) is 23.8 Å². The molecule has 0 radical (unpaired) electrons. The molecule has 1 aliphatic heterocycles. The Morgan fingerprint density at radius 1 is 1.59 bits per heavy atom. The Labute approximate surface area is 134 Å². The smallest absolute Gasteiger partial charge is 0.228 e. The highest BCUT2D eigenvalue weighted by atomic mass is 32.1. The summed E-state index contributed by atoms with van der Waals surface area (Å²) in [6, 6.07) is 0. The number of amides is 2. The lowest BCUT2D eigenvalue weighted by molar-refractivity contribution is -0.122. The van der Waals surface area contributed by atoms with Crippen molar-refractivity contribution in [1.29, 1.82) is 0 Å². The van der Waals surface area contributed by atoms with Crippen molar-refractivity contribution < 1.29 is 9.59 Å². The van der Waals surface area contributed by atoms with Gasteiger partial charge in [0.15, 0.2) is 5.13 Å². The van der Waals surface area contributed by atoms with Gasteiger partial charge in [0.25, 0.3) is 0 Å². The maximum absolute atomic E-state index is 12.2. The van der Waals surface area contributed by atoms with E-state index in [9.17, 15) is 9.59 Å². The molecule has 2 heterocycles. The second kappa shape index (κ2) is 5.96. The van der Waals surface area contributed by atoms with Crippen molar-refractivity contribution in [3.05, 3.63) is 11.1 Å². The molecule has 1 aromatic rings. The fraction of sp³-hybridized carbons (Fsp3) is 0.667. The number of hydrogen-bond donors (Lipinski definition) is 2. The molecular formula is C15H22N4O2S. The highest BCUT2D eigenvalue weighted by Gasteiger charge is 2.41. The number of anilines is 1. The van der Waals surface area contributed by atoms with E-state index in [1.54, 1.807) is 4.90 Å². The summed E-state index contributed by atoms with van der Waals surface area (Å²) in [5, 5.41) is 5.62. The molecule has 0 aromatic carbocycles. The lowest BCUT2D eigenvalue weighted by Crippen LogP contribution is -2.53.